The Labute approximate surface area is 360 Å². The second-order valence-electron chi connectivity index (χ2n) is 16.1. The molecular weight excluding hydrogens is 807 g/mol. The van der Waals surface area contributed by atoms with Gasteiger partial charge in [0.1, 0.15) is 35.6 Å². The summed E-state index contributed by atoms with van der Waals surface area (Å²) in [6.45, 7) is 9.87. The Morgan fingerprint density at radius 2 is 1.30 bits per heavy atom. The van der Waals surface area contributed by atoms with Gasteiger partial charge in [0.15, 0.2) is 7.85 Å². The number of amides is 4. The molecule has 60 heavy (non-hydrogen) atoms. The first-order valence-corrected chi connectivity index (χ1v) is 21.8. The highest BCUT2D eigenvalue weighted by molar-refractivity contribution is 8.77. The molecule has 0 aromatic heterocycles. The number of hydroxylamine groups is 1. The molecule has 0 aliphatic carbocycles. The van der Waals surface area contributed by atoms with Gasteiger partial charge in [0.2, 0.25) is 23.6 Å². The first-order chi connectivity index (χ1) is 28.2. The van der Waals surface area contributed by atoms with Crippen molar-refractivity contribution in [3.63, 3.8) is 0 Å². The van der Waals surface area contributed by atoms with E-state index in [1.807, 2.05) is 42.5 Å². The number of nitrogens with one attached hydrogen (secondary N) is 5. The summed E-state index contributed by atoms with van der Waals surface area (Å²) in [5.74, 6) is -3.26. The third kappa shape index (κ3) is 14.3. The van der Waals surface area contributed by atoms with Crippen molar-refractivity contribution in [3.8, 4) is 5.75 Å². The van der Waals surface area contributed by atoms with E-state index >= 15 is 0 Å². The van der Waals surface area contributed by atoms with E-state index in [-0.39, 0.29) is 18.5 Å². The molecule has 9 N–H and O–H groups in total. The highest BCUT2D eigenvalue weighted by Crippen LogP contribution is 2.46. The monoisotopic (exact) mass is 866 g/mol. The molecule has 0 radical (unpaired) electrons. The van der Waals surface area contributed by atoms with Gasteiger partial charge < -0.3 is 46.8 Å². The molecule has 0 aliphatic heterocycles. The number of fused-ring (bicyclic) bond motifs is 1. The van der Waals surface area contributed by atoms with Crippen molar-refractivity contribution in [2.24, 2.45) is 5.73 Å². The van der Waals surface area contributed by atoms with Gasteiger partial charge >= 0.3 is 5.97 Å². The maximum Gasteiger partial charge on any atom is 0.327 e. The Balaban J connectivity index is 1.98. The van der Waals surface area contributed by atoms with E-state index in [1.54, 1.807) is 58.9 Å². The number of methoxy groups -OCH3 is 1. The van der Waals surface area contributed by atoms with Gasteiger partial charge in [-0.1, -0.05) is 76.2 Å². The van der Waals surface area contributed by atoms with Gasteiger partial charge in [-0.3, -0.25) is 19.2 Å². The van der Waals surface area contributed by atoms with Crippen molar-refractivity contribution < 1.29 is 43.8 Å². The van der Waals surface area contributed by atoms with Crippen LogP contribution in [0.2, 0.25) is 0 Å². The Morgan fingerprint density at radius 1 is 0.750 bits per heavy atom. The van der Waals surface area contributed by atoms with Gasteiger partial charge in [0.05, 0.1) is 17.4 Å². The molecule has 3 rings (SSSR count). The van der Waals surface area contributed by atoms with Gasteiger partial charge in [-0.2, -0.15) is 5.48 Å². The summed E-state index contributed by atoms with van der Waals surface area (Å²) in [5, 5.41) is 33.1. The Hall–Kier alpha value is -4.62. The van der Waals surface area contributed by atoms with Crippen molar-refractivity contribution in [1.29, 1.82) is 0 Å². The number of benzene rings is 3. The summed E-state index contributed by atoms with van der Waals surface area (Å²) < 4.78 is 3.08. The van der Waals surface area contributed by atoms with E-state index in [9.17, 15) is 39.1 Å². The fourth-order valence-corrected chi connectivity index (χ4v) is 9.24. The molecular formula is C42H59BN6O9S2. The molecule has 0 saturated carbocycles. The lowest BCUT2D eigenvalue weighted by molar-refractivity contribution is -0.142. The first-order valence-electron chi connectivity index (χ1n) is 19.7. The van der Waals surface area contributed by atoms with Crippen molar-refractivity contribution in [1.82, 2.24) is 26.7 Å². The second-order valence-corrected chi connectivity index (χ2v) is 19.5. The molecule has 3 aromatic rings. The first kappa shape index (κ1) is 49.7. The summed E-state index contributed by atoms with van der Waals surface area (Å²) in [6, 6.07) is 15.2. The van der Waals surface area contributed by atoms with Crippen LogP contribution >= 0.6 is 21.6 Å². The number of carboxylic acid groups (broad SMARTS) is 1. The van der Waals surface area contributed by atoms with Crippen LogP contribution in [0.25, 0.3) is 10.8 Å². The van der Waals surface area contributed by atoms with Gasteiger partial charge in [-0.25, -0.2) is 4.79 Å². The molecule has 0 bridgehead atoms. The molecule has 326 valence electrons. The Bertz CT molecular complexity index is 1990. The summed E-state index contributed by atoms with van der Waals surface area (Å²) in [4.78, 5) is 79.6. The van der Waals surface area contributed by atoms with E-state index < -0.39 is 68.8 Å². The van der Waals surface area contributed by atoms with E-state index in [1.165, 1.54) is 21.9 Å². The van der Waals surface area contributed by atoms with E-state index in [2.05, 4.69) is 26.7 Å². The fraction of sp³-hybridized carbons (Fsp3) is 0.476. The smallest absolute Gasteiger partial charge is 0.327 e. The SMILES string of the molecule is BC(=O)C(C)(CCCCN)NC(=O)[C@H](Cc1ccc2ccccc2c1)NC(=O)C(Cc1ccc(OC)cc1)NC(=O)C(NO)C(C)(C)SSC(C)(C)C(NC(C)=O)C(=O)O. The van der Waals surface area contributed by atoms with Gasteiger partial charge in [-0.15, -0.1) is 0 Å². The average molecular weight is 867 g/mol. The Kier molecular flexibility index (Phi) is 18.5. The number of aliphatic carboxylic acids is 1. The van der Waals surface area contributed by atoms with Crippen molar-refractivity contribution >= 4 is 75.5 Å². The van der Waals surface area contributed by atoms with Crippen LogP contribution in [0.15, 0.2) is 66.7 Å². The zero-order valence-electron chi connectivity index (χ0n) is 35.5. The van der Waals surface area contributed by atoms with Crippen LogP contribution in [0.3, 0.4) is 0 Å². The van der Waals surface area contributed by atoms with E-state index in [0.717, 1.165) is 37.9 Å². The predicted molar refractivity (Wildman–Crippen MR) is 239 cm³/mol. The van der Waals surface area contributed by atoms with Gasteiger partial charge in [0.25, 0.3) is 0 Å². The lowest BCUT2D eigenvalue weighted by Crippen LogP contribution is -2.62. The summed E-state index contributed by atoms with van der Waals surface area (Å²) in [7, 11) is 5.14. The third-order valence-electron chi connectivity index (χ3n) is 10.3. The zero-order chi connectivity index (χ0) is 44.8. The van der Waals surface area contributed by atoms with Gasteiger partial charge in [-0.05, 0) is 94.5 Å². The molecule has 0 spiro atoms. The average Bonchev–Trinajstić information content (AvgIpc) is 3.19. The molecule has 15 nitrogen and oxygen atoms in total. The molecule has 0 saturated heterocycles. The number of nitrogens with two attached hydrogens (primary N) is 1. The van der Waals surface area contributed by atoms with Gasteiger partial charge in [0, 0.05) is 24.5 Å². The number of carbonyl (C=O) groups excluding carboxylic acids is 5. The van der Waals surface area contributed by atoms with Crippen LogP contribution in [-0.2, 0) is 41.6 Å². The fourth-order valence-electron chi connectivity index (χ4n) is 6.43. The number of ether oxygens (including phenoxy) is 1. The molecule has 0 aliphatic rings. The largest absolute Gasteiger partial charge is 0.497 e. The predicted octanol–water partition coefficient (Wildman–Crippen LogP) is 2.64. The van der Waals surface area contributed by atoms with E-state index in [4.69, 9.17) is 10.5 Å². The number of carboxylic acids is 1. The molecule has 0 fully saturated rings. The third-order valence-corrected chi connectivity index (χ3v) is 14.5. The summed E-state index contributed by atoms with van der Waals surface area (Å²) >= 11 is 0. The van der Waals surface area contributed by atoms with Crippen LogP contribution in [0.5, 0.6) is 5.75 Å². The molecule has 4 unspecified atom stereocenters. The maximum absolute atomic E-state index is 14.5. The van der Waals surface area contributed by atoms with E-state index in [0.29, 0.717) is 37.1 Å². The minimum atomic E-state index is -1.34. The summed E-state index contributed by atoms with van der Waals surface area (Å²) in [5.41, 5.74) is 7.66. The second kappa shape index (κ2) is 22.3. The van der Waals surface area contributed by atoms with Crippen LogP contribution < -0.4 is 37.2 Å². The highest BCUT2D eigenvalue weighted by Gasteiger charge is 2.43. The van der Waals surface area contributed by atoms with Crippen molar-refractivity contribution in [2.75, 3.05) is 13.7 Å². The highest BCUT2D eigenvalue weighted by atomic mass is 33.1. The van der Waals surface area contributed by atoms with Crippen LogP contribution in [0, 0.1) is 0 Å². The number of rotatable bonds is 24. The lowest BCUT2D eigenvalue weighted by Gasteiger charge is -2.37. The molecule has 3 aromatic carbocycles. The van der Waals surface area contributed by atoms with Crippen molar-refractivity contribution in [3.05, 3.63) is 77.9 Å². The van der Waals surface area contributed by atoms with Crippen LogP contribution in [-0.4, -0.2) is 106 Å². The molecule has 0 heterocycles. The lowest BCUT2D eigenvalue weighted by atomic mass is 9.79. The Morgan fingerprint density at radius 3 is 1.85 bits per heavy atom. The normalized spacial score (nSPS) is 14.8. The quantitative estimate of drug-likeness (QED) is 0.0280. The molecule has 4 amide bonds. The maximum atomic E-state index is 14.5. The topological polar surface area (TPSA) is 238 Å². The van der Waals surface area contributed by atoms with Crippen LogP contribution in [0.4, 0.5) is 0 Å². The number of hydrogen-bond donors (Lipinski definition) is 8. The number of carbonyl (C=O) groups is 6. The zero-order valence-corrected chi connectivity index (χ0v) is 37.2. The van der Waals surface area contributed by atoms with Crippen LogP contribution in [0.1, 0.15) is 71.9 Å². The number of hydrogen-bond acceptors (Lipinski definition) is 12. The summed E-state index contributed by atoms with van der Waals surface area (Å²) in [6.07, 6.45) is 1.60. The minimum absolute atomic E-state index is 0.0271. The van der Waals surface area contributed by atoms with Crippen molar-refractivity contribution in [2.45, 2.75) is 113 Å². The molecule has 18 heteroatoms. The number of unbranched alkanes of at least 4 members (excludes halogenated alkanes) is 1. The standard InChI is InChI=1S/C42H59BN6O9S2/c1-25(50)45-34(38(54)55)41(4,5)60-59-40(2,3)33(49-57)37(53)47-31(23-26-15-18-30(58-7)19-16-26)35(51)46-32(24-27-14-17-28-12-8-9-13-29(28)22-27)36(52)48-42(6,39(43)56)20-10-11-21-44/h8-9,12-19,22,31-34,49,57H,10-11,20-21,23-24,43-44H2,1-7H3,(H,45,50)(H,46,51)(H,47,53)(H,48,52)(H,54,55)/t31?,32-,33?,34?,42?/m0/s1. The molecule has 5 atom stereocenters. The minimum Gasteiger partial charge on any atom is -0.497 e.